The molecule has 5 atom stereocenters. The van der Waals surface area contributed by atoms with Crippen molar-refractivity contribution in [2.45, 2.75) is 64.3 Å². The lowest BCUT2D eigenvalue weighted by molar-refractivity contribution is -0.243. The molecule has 0 saturated carbocycles. The van der Waals surface area contributed by atoms with Gasteiger partial charge in [0.25, 0.3) is 0 Å². The molecule has 10 heteroatoms. The van der Waals surface area contributed by atoms with Gasteiger partial charge in [0.1, 0.15) is 12.7 Å². The van der Waals surface area contributed by atoms with Crippen molar-refractivity contribution in [3.8, 4) is 0 Å². The smallest absolute Gasteiger partial charge is 0.303 e. The normalized spacial score (nSPS) is 28.0. The summed E-state index contributed by atoms with van der Waals surface area (Å²) in [7, 11) is 0. The van der Waals surface area contributed by atoms with E-state index in [0.717, 1.165) is 27.7 Å². The minimum atomic E-state index is -2.09. The maximum atomic E-state index is 11.5. The van der Waals surface area contributed by atoms with E-state index in [0.29, 0.717) is 0 Å². The minimum absolute atomic E-state index is 0.181. The molecule has 1 heterocycles. The van der Waals surface area contributed by atoms with E-state index in [2.05, 4.69) is 6.58 Å². The van der Waals surface area contributed by atoms with Gasteiger partial charge < -0.3 is 28.8 Å². The second-order valence-electron chi connectivity index (χ2n) is 5.97. The summed E-state index contributed by atoms with van der Waals surface area (Å²) in [6.45, 7) is 7.57. The zero-order chi connectivity index (χ0) is 20.8. The minimum Gasteiger partial charge on any atom is -0.462 e. The van der Waals surface area contributed by atoms with Crippen LogP contribution in [0.2, 0.25) is 0 Å². The third-order valence-electron chi connectivity index (χ3n) is 3.57. The van der Waals surface area contributed by atoms with Crippen molar-refractivity contribution < 1.29 is 48.0 Å². The molecule has 1 N–H and O–H groups in total. The van der Waals surface area contributed by atoms with Crippen molar-refractivity contribution in [3.63, 3.8) is 0 Å². The summed E-state index contributed by atoms with van der Waals surface area (Å²) in [5.41, 5.74) is 0. The van der Waals surface area contributed by atoms with Gasteiger partial charge in [-0.15, -0.1) is 6.58 Å². The van der Waals surface area contributed by atoms with E-state index in [1.807, 2.05) is 0 Å². The number of rotatable bonds is 8. The first-order valence-electron chi connectivity index (χ1n) is 8.16. The average molecular weight is 388 g/mol. The van der Waals surface area contributed by atoms with Crippen molar-refractivity contribution in [1.29, 1.82) is 0 Å². The van der Waals surface area contributed by atoms with Crippen LogP contribution in [0.25, 0.3) is 0 Å². The van der Waals surface area contributed by atoms with Crippen LogP contribution in [-0.2, 0) is 42.9 Å². The molecule has 1 saturated heterocycles. The topological polar surface area (TPSA) is 135 Å². The lowest BCUT2D eigenvalue weighted by atomic mass is 9.99. The Balaban J connectivity index is 3.29. The van der Waals surface area contributed by atoms with Crippen LogP contribution in [0, 0.1) is 0 Å². The summed E-state index contributed by atoms with van der Waals surface area (Å²) in [6.07, 6.45) is -4.11. The first kappa shape index (κ1) is 22.6. The molecule has 0 aromatic heterocycles. The SMILES string of the molecule is C=CC[C@@]1(O)O[C@@H]([C@@H](COC(C)=O)OC(C)=O)[C@H](OC(C)=O)[C@H]1OC(C)=O. The number of aliphatic hydroxyl groups is 1. The number of esters is 4. The Kier molecular flexibility index (Phi) is 7.92. The van der Waals surface area contributed by atoms with Gasteiger partial charge in [-0.1, -0.05) is 6.08 Å². The highest BCUT2D eigenvalue weighted by molar-refractivity contribution is 5.68. The number of carbonyl (C=O) groups is 4. The Morgan fingerprint density at radius 1 is 1.07 bits per heavy atom. The van der Waals surface area contributed by atoms with Gasteiger partial charge >= 0.3 is 23.9 Å². The van der Waals surface area contributed by atoms with E-state index < -0.39 is 60.7 Å². The van der Waals surface area contributed by atoms with Gasteiger partial charge in [-0.2, -0.15) is 0 Å². The first-order chi connectivity index (χ1) is 12.5. The average Bonchev–Trinajstić information content (AvgIpc) is 2.76. The summed E-state index contributed by atoms with van der Waals surface area (Å²) < 4.78 is 25.9. The van der Waals surface area contributed by atoms with Gasteiger partial charge in [0.05, 0.1) is 0 Å². The lowest BCUT2D eigenvalue weighted by Crippen LogP contribution is -2.48. The van der Waals surface area contributed by atoms with E-state index in [-0.39, 0.29) is 6.42 Å². The monoisotopic (exact) mass is 388 g/mol. The first-order valence-corrected chi connectivity index (χ1v) is 8.16. The Labute approximate surface area is 156 Å². The molecule has 1 aliphatic heterocycles. The lowest BCUT2D eigenvalue weighted by Gasteiger charge is -2.28. The van der Waals surface area contributed by atoms with Crippen LogP contribution < -0.4 is 0 Å². The van der Waals surface area contributed by atoms with Crippen LogP contribution in [0.3, 0.4) is 0 Å². The summed E-state index contributed by atoms with van der Waals surface area (Å²) in [4.78, 5) is 45.6. The van der Waals surface area contributed by atoms with Gasteiger partial charge in [0.2, 0.25) is 5.79 Å². The Morgan fingerprint density at radius 3 is 2.11 bits per heavy atom. The fourth-order valence-electron chi connectivity index (χ4n) is 2.72. The number of hydrogen-bond donors (Lipinski definition) is 1. The molecule has 1 fully saturated rings. The van der Waals surface area contributed by atoms with Crippen LogP contribution in [0.5, 0.6) is 0 Å². The molecule has 0 amide bonds. The van der Waals surface area contributed by atoms with Crippen LogP contribution in [-0.4, -0.2) is 65.8 Å². The number of ether oxygens (including phenoxy) is 5. The Hall–Kier alpha value is -2.46. The highest BCUT2D eigenvalue weighted by atomic mass is 16.7. The molecule has 1 aliphatic rings. The largest absolute Gasteiger partial charge is 0.462 e. The summed E-state index contributed by atoms with van der Waals surface area (Å²) in [6, 6.07) is 0. The Morgan fingerprint density at radius 2 is 1.67 bits per heavy atom. The summed E-state index contributed by atoms with van der Waals surface area (Å²) in [5, 5.41) is 10.8. The standard InChI is InChI=1S/C17H24O10/c1-6-7-17(22)16(26-12(5)21)15(25-11(4)20)14(27-17)13(24-10(3)19)8-23-9(2)18/h6,13-16,22H,1,7-8H2,2-5H3/t13-,14+,15+,16-,17-/m1/s1. The van der Waals surface area contributed by atoms with Crippen LogP contribution in [0.1, 0.15) is 34.1 Å². The summed E-state index contributed by atoms with van der Waals surface area (Å²) >= 11 is 0. The molecule has 0 bridgehead atoms. The number of hydrogen-bond acceptors (Lipinski definition) is 10. The second-order valence-corrected chi connectivity index (χ2v) is 5.97. The van der Waals surface area contributed by atoms with Crippen molar-refractivity contribution in [2.75, 3.05) is 6.61 Å². The third-order valence-corrected chi connectivity index (χ3v) is 3.57. The molecule has 152 valence electrons. The fourth-order valence-corrected chi connectivity index (χ4v) is 2.72. The highest BCUT2D eigenvalue weighted by Crippen LogP contribution is 2.38. The van der Waals surface area contributed by atoms with Crippen molar-refractivity contribution in [1.82, 2.24) is 0 Å². The van der Waals surface area contributed by atoms with Crippen LogP contribution >= 0.6 is 0 Å². The van der Waals surface area contributed by atoms with Crippen molar-refractivity contribution >= 4 is 23.9 Å². The molecule has 1 rings (SSSR count). The van der Waals surface area contributed by atoms with Gasteiger partial charge in [-0.05, 0) is 0 Å². The predicted molar refractivity (Wildman–Crippen MR) is 87.9 cm³/mol. The van der Waals surface area contributed by atoms with Crippen LogP contribution in [0.4, 0.5) is 0 Å². The molecule has 0 unspecified atom stereocenters. The zero-order valence-corrected chi connectivity index (χ0v) is 15.6. The van der Waals surface area contributed by atoms with Crippen molar-refractivity contribution in [3.05, 3.63) is 12.7 Å². The predicted octanol–water partition coefficient (Wildman–Crippen LogP) is 0.00810. The molecule has 27 heavy (non-hydrogen) atoms. The molecule has 0 aromatic rings. The zero-order valence-electron chi connectivity index (χ0n) is 15.6. The fraction of sp³-hybridized carbons (Fsp3) is 0.647. The van der Waals surface area contributed by atoms with Gasteiger partial charge in [0.15, 0.2) is 18.3 Å². The van der Waals surface area contributed by atoms with Gasteiger partial charge in [-0.3, -0.25) is 19.2 Å². The number of carbonyl (C=O) groups excluding carboxylic acids is 4. The molecule has 10 nitrogen and oxygen atoms in total. The maximum absolute atomic E-state index is 11.5. The van der Waals surface area contributed by atoms with E-state index >= 15 is 0 Å². The molecular weight excluding hydrogens is 364 g/mol. The van der Waals surface area contributed by atoms with E-state index in [4.69, 9.17) is 23.7 Å². The van der Waals surface area contributed by atoms with Crippen LogP contribution in [0.15, 0.2) is 12.7 Å². The second kappa shape index (κ2) is 9.47. The Bertz CT molecular complexity index is 601. The van der Waals surface area contributed by atoms with Gasteiger partial charge in [0, 0.05) is 34.1 Å². The molecule has 0 aliphatic carbocycles. The molecule has 0 spiro atoms. The molecule has 0 radical (unpaired) electrons. The maximum Gasteiger partial charge on any atom is 0.303 e. The highest BCUT2D eigenvalue weighted by Gasteiger charge is 2.60. The van der Waals surface area contributed by atoms with Gasteiger partial charge in [-0.25, -0.2) is 0 Å². The van der Waals surface area contributed by atoms with E-state index in [9.17, 15) is 24.3 Å². The third kappa shape index (κ3) is 6.33. The van der Waals surface area contributed by atoms with Crippen molar-refractivity contribution in [2.24, 2.45) is 0 Å². The summed E-state index contributed by atoms with van der Waals surface area (Å²) in [5.74, 6) is -4.96. The molecular formula is C17H24O10. The van der Waals surface area contributed by atoms with E-state index in [1.54, 1.807) is 0 Å². The van der Waals surface area contributed by atoms with E-state index in [1.165, 1.54) is 6.08 Å². The quantitative estimate of drug-likeness (QED) is 0.344. The molecule has 0 aromatic carbocycles.